The van der Waals surface area contributed by atoms with Crippen LogP contribution >= 0.6 is 0 Å². The highest BCUT2D eigenvalue weighted by Crippen LogP contribution is 2.30. The van der Waals surface area contributed by atoms with E-state index in [1.807, 2.05) is 42.1 Å². The van der Waals surface area contributed by atoms with Crippen molar-refractivity contribution < 1.29 is 19.0 Å². The lowest BCUT2D eigenvalue weighted by Crippen LogP contribution is -2.05. The minimum atomic E-state index is -0.479. The van der Waals surface area contributed by atoms with Crippen molar-refractivity contribution in [3.05, 3.63) is 65.5 Å². The van der Waals surface area contributed by atoms with Crippen molar-refractivity contribution in [3.63, 3.8) is 0 Å². The van der Waals surface area contributed by atoms with Crippen LogP contribution in [0.15, 0.2) is 59.4 Å². The van der Waals surface area contributed by atoms with Gasteiger partial charge >= 0.3 is 5.97 Å². The summed E-state index contributed by atoms with van der Waals surface area (Å²) in [5.74, 6) is 0.901. The van der Waals surface area contributed by atoms with Gasteiger partial charge in [0.15, 0.2) is 17.2 Å². The first-order valence-corrected chi connectivity index (χ1v) is 8.39. The van der Waals surface area contributed by atoms with Crippen LogP contribution in [0, 0.1) is 0 Å². The van der Waals surface area contributed by atoms with E-state index in [1.165, 1.54) is 0 Å². The molecule has 0 spiro atoms. The molecule has 0 bridgehead atoms. The molecule has 0 atom stereocenters. The Labute approximate surface area is 156 Å². The van der Waals surface area contributed by atoms with Gasteiger partial charge in [-0.3, -0.25) is 0 Å². The molecule has 6 heteroatoms. The Balaban J connectivity index is 1.74. The molecule has 6 nitrogen and oxygen atoms in total. The minimum Gasteiger partial charge on any atom is -0.493 e. The second-order valence-corrected chi connectivity index (χ2v) is 6.12. The molecule has 3 aromatic rings. The third-order valence-corrected chi connectivity index (χ3v) is 4.47. The van der Waals surface area contributed by atoms with E-state index in [0.717, 1.165) is 16.5 Å². The largest absolute Gasteiger partial charge is 0.493 e. The first kappa shape index (κ1) is 16.9. The van der Waals surface area contributed by atoms with Gasteiger partial charge in [0.05, 0.1) is 14.2 Å². The maximum atomic E-state index is 12.3. The van der Waals surface area contributed by atoms with Gasteiger partial charge in [0.2, 0.25) is 5.90 Å². The van der Waals surface area contributed by atoms with Crippen molar-refractivity contribution in [1.82, 2.24) is 4.57 Å². The molecule has 0 fully saturated rings. The van der Waals surface area contributed by atoms with Gasteiger partial charge in [-0.1, -0.05) is 18.2 Å². The highest BCUT2D eigenvalue weighted by molar-refractivity contribution is 6.13. The number of carbonyl (C=O) groups excluding carboxylic acids is 1. The Hall–Kier alpha value is -3.54. The number of hydrogen-bond donors (Lipinski definition) is 0. The van der Waals surface area contributed by atoms with Gasteiger partial charge < -0.3 is 18.8 Å². The van der Waals surface area contributed by atoms with Gasteiger partial charge in [-0.05, 0) is 30.3 Å². The van der Waals surface area contributed by atoms with Crippen LogP contribution in [-0.4, -0.2) is 30.7 Å². The van der Waals surface area contributed by atoms with Gasteiger partial charge in [-0.25, -0.2) is 9.79 Å². The number of fused-ring (bicyclic) bond motifs is 1. The molecule has 0 radical (unpaired) electrons. The zero-order valence-electron chi connectivity index (χ0n) is 15.2. The number of carbonyl (C=O) groups is 1. The lowest BCUT2D eigenvalue weighted by atomic mass is 10.1. The number of aryl methyl sites for hydroxylation is 1. The van der Waals surface area contributed by atoms with E-state index in [1.54, 1.807) is 38.5 Å². The number of cyclic esters (lactones) is 1. The first-order valence-electron chi connectivity index (χ1n) is 8.39. The third kappa shape index (κ3) is 2.95. The molecular formula is C21H18N2O4. The van der Waals surface area contributed by atoms with Crippen molar-refractivity contribution in [2.24, 2.45) is 12.0 Å². The zero-order chi connectivity index (χ0) is 19.0. The Bertz CT molecular complexity index is 1110. The number of methoxy groups -OCH3 is 2. The summed E-state index contributed by atoms with van der Waals surface area (Å²) < 4.78 is 17.9. The van der Waals surface area contributed by atoms with E-state index in [4.69, 9.17) is 14.2 Å². The monoisotopic (exact) mass is 362 g/mol. The molecule has 1 aliphatic heterocycles. The summed E-state index contributed by atoms with van der Waals surface area (Å²) in [6.45, 7) is 0. The number of ether oxygens (including phenoxy) is 3. The molecular weight excluding hydrogens is 344 g/mol. The van der Waals surface area contributed by atoms with Crippen molar-refractivity contribution >= 4 is 28.8 Å². The lowest BCUT2D eigenvalue weighted by Gasteiger charge is -2.08. The Morgan fingerprint density at radius 3 is 2.63 bits per heavy atom. The molecule has 4 rings (SSSR count). The van der Waals surface area contributed by atoms with Crippen LogP contribution in [-0.2, 0) is 16.6 Å². The van der Waals surface area contributed by atoms with Crippen LogP contribution in [0.2, 0.25) is 0 Å². The lowest BCUT2D eigenvalue weighted by molar-refractivity contribution is -0.129. The van der Waals surface area contributed by atoms with Gasteiger partial charge in [-0.15, -0.1) is 0 Å². The second-order valence-electron chi connectivity index (χ2n) is 6.12. The van der Waals surface area contributed by atoms with Crippen molar-refractivity contribution in [3.8, 4) is 11.5 Å². The topological polar surface area (TPSA) is 62.1 Å². The molecule has 0 aliphatic carbocycles. The molecule has 2 heterocycles. The van der Waals surface area contributed by atoms with Gasteiger partial charge in [0.1, 0.15) is 0 Å². The normalized spacial score (nSPS) is 15.1. The zero-order valence-corrected chi connectivity index (χ0v) is 15.2. The van der Waals surface area contributed by atoms with Crippen LogP contribution in [0.5, 0.6) is 11.5 Å². The first-order chi connectivity index (χ1) is 13.1. The fourth-order valence-electron chi connectivity index (χ4n) is 3.14. The highest BCUT2D eigenvalue weighted by atomic mass is 16.6. The predicted molar refractivity (Wildman–Crippen MR) is 103 cm³/mol. The number of aliphatic imine (C=N–C) groups is 1. The average Bonchev–Trinajstić information content (AvgIpc) is 3.22. The van der Waals surface area contributed by atoms with Gasteiger partial charge in [-0.2, -0.15) is 0 Å². The Morgan fingerprint density at radius 2 is 1.85 bits per heavy atom. The molecule has 0 saturated heterocycles. The number of nitrogens with zero attached hydrogens (tertiary/aromatic N) is 2. The van der Waals surface area contributed by atoms with Crippen molar-refractivity contribution in [2.75, 3.05) is 14.2 Å². The fraction of sp³-hybridized carbons (Fsp3) is 0.143. The van der Waals surface area contributed by atoms with E-state index >= 15 is 0 Å². The van der Waals surface area contributed by atoms with E-state index in [-0.39, 0.29) is 11.6 Å². The maximum absolute atomic E-state index is 12.3. The fourth-order valence-corrected chi connectivity index (χ4v) is 3.14. The quantitative estimate of drug-likeness (QED) is 0.526. The SMILES string of the molecule is COc1ccc(C2=NC(=Cc3cn(C)c4ccccc34)C(=O)O2)cc1OC. The van der Waals surface area contributed by atoms with E-state index in [2.05, 4.69) is 4.99 Å². The summed E-state index contributed by atoms with van der Waals surface area (Å²) in [6.07, 6.45) is 3.72. The molecule has 0 unspecified atom stereocenters. The van der Waals surface area contributed by atoms with Crippen LogP contribution in [0.3, 0.4) is 0 Å². The number of hydrogen-bond acceptors (Lipinski definition) is 5. The van der Waals surface area contributed by atoms with Crippen LogP contribution < -0.4 is 9.47 Å². The van der Waals surface area contributed by atoms with E-state index < -0.39 is 5.97 Å². The average molecular weight is 362 g/mol. The molecule has 0 amide bonds. The molecule has 0 N–H and O–H groups in total. The molecule has 0 saturated carbocycles. The summed E-state index contributed by atoms with van der Waals surface area (Å²) in [5.41, 5.74) is 2.90. The van der Waals surface area contributed by atoms with Crippen LogP contribution in [0.4, 0.5) is 0 Å². The van der Waals surface area contributed by atoms with Crippen molar-refractivity contribution in [1.29, 1.82) is 0 Å². The summed E-state index contributed by atoms with van der Waals surface area (Å²) in [4.78, 5) is 16.7. The van der Waals surface area contributed by atoms with Gasteiger partial charge in [0.25, 0.3) is 0 Å². The summed E-state index contributed by atoms with van der Waals surface area (Å²) in [5, 5.41) is 1.05. The van der Waals surface area contributed by atoms with Crippen molar-refractivity contribution in [2.45, 2.75) is 0 Å². The van der Waals surface area contributed by atoms with Crippen LogP contribution in [0.25, 0.3) is 17.0 Å². The summed E-state index contributed by atoms with van der Waals surface area (Å²) in [7, 11) is 5.08. The molecule has 136 valence electrons. The van der Waals surface area contributed by atoms with Crippen LogP contribution in [0.1, 0.15) is 11.1 Å². The number of rotatable bonds is 4. The number of benzene rings is 2. The smallest absolute Gasteiger partial charge is 0.363 e. The Kier molecular flexibility index (Phi) is 4.16. The molecule has 1 aromatic heterocycles. The molecule has 1 aliphatic rings. The molecule has 2 aromatic carbocycles. The highest BCUT2D eigenvalue weighted by Gasteiger charge is 2.25. The Morgan fingerprint density at radius 1 is 1.07 bits per heavy atom. The number of esters is 1. The molecule has 27 heavy (non-hydrogen) atoms. The van der Waals surface area contributed by atoms with E-state index in [9.17, 15) is 4.79 Å². The number of para-hydroxylation sites is 1. The van der Waals surface area contributed by atoms with E-state index in [0.29, 0.717) is 17.1 Å². The summed E-state index contributed by atoms with van der Waals surface area (Å²) >= 11 is 0. The maximum Gasteiger partial charge on any atom is 0.363 e. The predicted octanol–water partition coefficient (Wildman–Crippen LogP) is 3.54. The van der Waals surface area contributed by atoms with Gasteiger partial charge in [0, 0.05) is 35.3 Å². The second kappa shape index (κ2) is 6.64. The third-order valence-electron chi connectivity index (χ3n) is 4.47. The standard InChI is InChI=1S/C21H18N2O4/c1-23-12-14(15-6-4-5-7-17(15)23)10-16-21(24)27-20(22-16)13-8-9-18(25-2)19(11-13)26-3/h4-12H,1-3H3. The minimum absolute atomic E-state index is 0.243. The number of aromatic nitrogens is 1. The summed E-state index contributed by atoms with van der Waals surface area (Å²) in [6, 6.07) is 13.2.